The van der Waals surface area contributed by atoms with E-state index in [4.69, 9.17) is 0 Å². The standard InChI is InChI=1S/C3H8.Au/c1-3-2;/h3H2,1-2H3;. The van der Waals surface area contributed by atoms with Gasteiger partial charge in [0.25, 0.3) is 0 Å². The van der Waals surface area contributed by atoms with E-state index in [1.807, 2.05) is 0 Å². The van der Waals surface area contributed by atoms with Gasteiger partial charge in [0.05, 0.1) is 0 Å². The van der Waals surface area contributed by atoms with Gasteiger partial charge in [-0.15, -0.1) is 0 Å². The van der Waals surface area contributed by atoms with Crippen LogP contribution in [0, 0.1) is 0 Å². The van der Waals surface area contributed by atoms with Crippen LogP contribution < -0.4 is 0 Å². The van der Waals surface area contributed by atoms with Gasteiger partial charge in [-0.25, -0.2) is 0 Å². The largest absolute Gasteiger partial charge is 0.0656 e. The molecule has 1 radical (unpaired) electrons. The molecule has 0 fully saturated rings. The molecule has 31 valence electrons. The van der Waals surface area contributed by atoms with Crippen molar-refractivity contribution in [2.75, 3.05) is 0 Å². The SMILES string of the molecule is CCC.[Au]. The second kappa shape index (κ2) is 9.27. The van der Waals surface area contributed by atoms with Crippen molar-refractivity contribution in [3.8, 4) is 0 Å². The fourth-order valence-electron chi connectivity index (χ4n) is 0. The van der Waals surface area contributed by atoms with Crippen molar-refractivity contribution in [3.63, 3.8) is 0 Å². The summed E-state index contributed by atoms with van der Waals surface area (Å²) >= 11 is 0. The van der Waals surface area contributed by atoms with Crippen molar-refractivity contribution in [3.05, 3.63) is 0 Å². The van der Waals surface area contributed by atoms with Crippen LogP contribution in [-0.4, -0.2) is 0 Å². The third kappa shape index (κ3) is 15.1. The Labute approximate surface area is 43.1 Å². The quantitative estimate of drug-likeness (QED) is 0.562. The maximum Gasteiger partial charge on any atom is 0 e. The van der Waals surface area contributed by atoms with Crippen LogP contribution in [0.3, 0.4) is 0 Å². The Balaban J connectivity index is 0. The molecule has 0 rings (SSSR count). The smallest absolute Gasteiger partial charge is 0 e. The van der Waals surface area contributed by atoms with Crippen molar-refractivity contribution in [2.24, 2.45) is 0 Å². The zero-order valence-corrected chi connectivity index (χ0v) is 5.18. The molecule has 0 spiro atoms. The summed E-state index contributed by atoms with van der Waals surface area (Å²) in [7, 11) is 0. The zero-order chi connectivity index (χ0) is 2.71. The molecular formula is C3H8Au. The second-order valence-electron chi connectivity index (χ2n) is 0.707. The van der Waals surface area contributed by atoms with Crippen LogP contribution >= 0.6 is 0 Å². The molecule has 0 aliphatic carbocycles. The number of rotatable bonds is 0. The summed E-state index contributed by atoms with van der Waals surface area (Å²) in [6.07, 6.45) is 1.25. The van der Waals surface area contributed by atoms with E-state index in [2.05, 4.69) is 13.8 Å². The van der Waals surface area contributed by atoms with Gasteiger partial charge in [0.1, 0.15) is 0 Å². The third-order valence-electron chi connectivity index (χ3n) is 0. The van der Waals surface area contributed by atoms with Crippen molar-refractivity contribution >= 4 is 0 Å². The molecule has 0 heterocycles. The summed E-state index contributed by atoms with van der Waals surface area (Å²) in [6.45, 7) is 4.25. The van der Waals surface area contributed by atoms with E-state index in [1.54, 1.807) is 0 Å². The summed E-state index contributed by atoms with van der Waals surface area (Å²) < 4.78 is 0. The van der Waals surface area contributed by atoms with Crippen LogP contribution in [0.2, 0.25) is 0 Å². The minimum absolute atomic E-state index is 0. The average Bonchev–Trinajstić information content (AvgIpc) is 0.918. The van der Waals surface area contributed by atoms with Crippen molar-refractivity contribution < 1.29 is 22.4 Å². The summed E-state index contributed by atoms with van der Waals surface area (Å²) in [5.74, 6) is 0. The molecule has 4 heavy (non-hydrogen) atoms. The minimum atomic E-state index is 0. The van der Waals surface area contributed by atoms with Gasteiger partial charge in [0.15, 0.2) is 0 Å². The molecule has 0 nitrogen and oxygen atoms in total. The van der Waals surface area contributed by atoms with Gasteiger partial charge < -0.3 is 0 Å². The molecule has 0 aromatic carbocycles. The van der Waals surface area contributed by atoms with E-state index < -0.39 is 0 Å². The maximum atomic E-state index is 2.12. The van der Waals surface area contributed by atoms with Crippen molar-refractivity contribution in [2.45, 2.75) is 20.3 Å². The minimum Gasteiger partial charge on any atom is -0.0656 e. The molecule has 0 aromatic heterocycles. The summed E-state index contributed by atoms with van der Waals surface area (Å²) in [5, 5.41) is 0. The summed E-state index contributed by atoms with van der Waals surface area (Å²) in [4.78, 5) is 0. The molecule has 0 bridgehead atoms. The summed E-state index contributed by atoms with van der Waals surface area (Å²) in [6, 6.07) is 0. The van der Waals surface area contributed by atoms with Gasteiger partial charge in [-0.2, -0.15) is 0 Å². The Kier molecular flexibility index (Phi) is 20.5. The first-order valence-corrected chi connectivity index (χ1v) is 1.41. The van der Waals surface area contributed by atoms with Gasteiger partial charge in [-0.3, -0.25) is 0 Å². The molecule has 0 saturated heterocycles. The Morgan fingerprint density at radius 3 is 1.25 bits per heavy atom. The van der Waals surface area contributed by atoms with Crippen LogP contribution in [0.4, 0.5) is 0 Å². The molecule has 0 N–H and O–H groups in total. The first-order valence-electron chi connectivity index (χ1n) is 1.41. The monoisotopic (exact) mass is 241 g/mol. The van der Waals surface area contributed by atoms with Crippen LogP contribution in [0.5, 0.6) is 0 Å². The molecular weight excluding hydrogens is 233 g/mol. The average molecular weight is 241 g/mol. The van der Waals surface area contributed by atoms with Crippen molar-refractivity contribution in [1.29, 1.82) is 0 Å². The Hall–Kier alpha value is 0.740. The predicted octanol–water partition coefficient (Wildman–Crippen LogP) is 1.41. The Morgan fingerprint density at radius 1 is 1.25 bits per heavy atom. The van der Waals surface area contributed by atoms with Gasteiger partial charge in [-0.1, -0.05) is 20.3 Å². The van der Waals surface area contributed by atoms with Crippen LogP contribution in [0.15, 0.2) is 0 Å². The first kappa shape index (κ1) is 8.83. The molecule has 0 unspecified atom stereocenters. The van der Waals surface area contributed by atoms with Gasteiger partial charge in [0.2, 0.25) is 0 Å². The van der Waals surface area contributed by atoms with Gasteiger partial charge in [-0.05, 0) is 0 Å². The fourth-order valence-corrected chi connectivity index (χ4v) is 0. The molecule has 0 aliphatic heterocycles. The fraction of sp³-hybridized carbons (Fsp3) is 1.00. The number of hydrogen-bond acceptors (Lipinski definition) is 0. The molecule has 0 saturated carbocycles. The second-order valence-corrected chi connectivity index (χ2v) is 0.707. The molecule has 1 heteroatoms. The number of hydrogen-bond donors (Lipinski definition) is 0. The normalized spacial score (nSPS) is 4.50. The van der Waals surface area contributed by atoms with Gasteiger partial charge >= 0.3 is 0 Å². The van der Waals surface area contributed by atoms with Gasteiger partial charge in [0, 0.05) is 22.4 Å². The summed E-state index contributed by atoms with van der Waals surface area (Å²) in [5.41, 5.74) is 0. The van der Waals surface area contributed by atoms with Crippen molar-refractivity contribution in [1.82, 2.24) is 0 Å². The third-order valence-corrected chi connectivity index (χ3v) is 0. The zero-order valence-electron chi connectivity index (χ0n) is 3.01. The molecule has 0 atom stereocenters. The molecule has 0 aromatic rings. The van der Waals surface area contributed by atoms with Crippen LogP contribution in [0.1, 0.15) is 20.3 Å². The van der Waals surface area contributed by atoms with E-state index in [0.29, 0.717) is 0 Å². The predicted molar refractivity (Wildman–Crippen MR) is 16.0 cm³/mol. The van der Waals surface area contributed by atoms with Crippen LogP contribution in [0.25, 0.3) is 0 Å². The van der Waals surface area contributed by atoms with E-state index >= 15 is 0 Å². The maximum absolute atomic E-state index is 2.12. The molecule has 0 aliphatic rings. The van der Waals surface area contributed by atoms with E-state index in [1.165, 1.54) is 6.42 Å². The van der Waals surface area contributed by atoms with E-state index in [9.17, 15) is 0 Å². The van der Waals surface area contributed by atoms with E-state index in [-0.39, 0.29) is 22.4 Å². The Bertz CT molecular complexity index is 3.25. The first-order chi connectivity index (χ1) is 1.41. The topological polar surface area (TPSA) is 0 Å². The molecule has 0 amide bonds. The van der Waals surface area contributed by atoms with Crippen LogP contribution in [-0.2, 0) is 22.4 Å². The Morgan fingerprint density at radius 2 is 1.25 bits per heavy atom. The van der Waals surface area contributed by atoms with E-state index in [0.717, 1.165) is 0 Å².